The second kappa shape index (κ2) is 3.85. The summed E-state index contributed by atoms with van der Waals surface area (Å²) in [6, 6.07) is 6.91. The number of nitrogens with zero attached hydrogens (tertiary/aromatic N) is 3. The molecule has 14 heavy (non-hydrogen) atoms. The molecule has 70 valence electrons. The zero-order valence-electron chi connectivity index (χ0n) is 6.91. The molecule has 0 saturated carbocycles. The number of aromatic nitrogens is 2. The summed E-state index contributed by atoms with van der Waals surface area (Å²) in [4.78, 5) is 10.3. The van der Waals surface area contributed by atoms with Gasteiger partial charge in [-0.25, -0.2) is 0 Å². The molecule has 4 nitrogen and oxygen atoms in total. The Hall–Kier alpha value is -1.27. The highest BCUT2D eigenvalue weighted by atomic mass is 32.2. The molecule has 0 unspecified atom stereocenters. The maximum Gasteiger partial charge on any atom is 0.171 e. The lowest BCUT2D eigenvalue weighted by atomic mass is 10.2. The van der Waals surface area contributed by atoms with E-state index in [9.17, 15) is 4.91 Å². The molecular formula is C8H5N3OS2. The Kier molecular flexibility index (Phi) is 2.55. The van der Waals surface area contributed by atoms with Crippen molar-refractivity contribution in [2.24, 2.45) is 5.18 Å². The lowest BCUT2D eigenvalue weighted by Gasteiger charge is -1.94. The van der Waals surface area contributed by atoms with E-state index < -0.39 is 0 Å². The molecule has 6 heteroatoms. The lowest BCUT2D eigenvalue weighted by Crippen LogP contribution is -1.75. The van der Waals surface area contributed by atoms with Gasteiger partial charge in [-0.2, -0.15) is 0 Å². The van der Waals surface area contributed by atoms with Crippen LogP contribution in [-0.2, 0) is 0 Å². The minimum atomic E-state index is 0.387. The molecule has 0 bridgehead atoms. The zero-order chi connectivity index (χ0) is 9.97. The molecule has 0 saturated heterocycles. The Morgan fingerprint density at radius 2 is 2.21 bits per heavy atom. The van der Waals surface area contributed by atoms with Crippen LogP contribution >= 0.6 is 24.0 Å². The van der Waals surface area contributed by atoms with E-state index in [4.69, 9.17) is 0 Å². The van der Waals surface area contributed by atoms with Crippen LogP contribution in [0, 0.1) is 4.91 Å². The average Bonchev–Trinajstić information content (AvgIpc) is 2.65. The Balaban J connectivity index is 2.46. The summed E-state index contributed by atoms with van der Waals surface area (Å²) in [6.07, 6.45) is 0. The number of hydrogen-bond donors (Lipinski definition) is 1. The Labute approximate surface area is 89.4 Å². The predicted molar refractivity (Wildman–Crippen MR) is 58.1 cm³/mol. The molecule has 0 aliphatic carbocycles. The van der Waals surface area contributed by atoms with Gasteiger partial charge in [-0.05, 0) is 17.3 Å². The Morgan fingerprint density at radius 3 is 2.86 bits per heavy atom. The van der Waals surface area contributed by atoms with Gasteiger partial charge in [0.2, 0.25) is 0 Å². The number of benzene rings is 1. The summed E-state index contributed by atoms with van der Waals surface area (Å²) in [5.74, 6) is 0. The molecule has 1 aromatic heterocycles. The smallest absolute Gasteiger partial charge is 0.145 e. The van der Waals surface area contributed by atoms with Crippen LogP contribution in [-0.4, -0.2) is 10.2 Å². The van der Waals surface area contributed by atoms with Crippen molar-refractivity contribution >= 4 is 29.7 Å². The van der Waals surface area contributed by atoms with Crippen molar-refractivity contribution < 1.29 is 0 Å². The Bertz CT molecular complexity index is 469. The molecule has 0 atom stereocenters. The van der Waals surface area contributed by atoms with Crippen molar-refractivity contribution in [1.82, 2.24) is 10.2 Å². The van der Waals surface area contributed by atoms with Gasteiger partial charge in [-0.15, -0.1) is 27.7 Å². The van der Waals surface area contributed by atoms with Crippen molar-refractivity contribution in [3.05, 3.63) is 29.2 Å². The number of hydrogen-bond acceptors (Lipinski definition) is 6. The van der Waals surface area contributed by atoms with Gasteiger partial charge in [-0.1, -0.05) is 23.5 Å². The second-order valence-corrected chi connectivity index (χ2v) is 4.24. The van der Waals surface area contributed by atoms with Crippen molar-refractivity contribution in [1.29, 1.82) is 0 Å². The van der Waals surface area contributed by atoms with Gasteiger partial charge in [0.25, 0.3) is 0 Å². The molecule has 2 rings (SSSR count). The molecular weight excluding hydrogens is 218 g/mol. The van der Waals surface area contributed by atoms with Gasteiger partial charge >= 0.3 is 0 Å². The molecule has 0 amide bonds. The minimum absolute atomic E-state index is 0.387. The van der Waals surface area contributed by atoms with Crippen LogP contribution < -0.4 is 0 Å². The zero-order valence-corrected chi connectivity index (χ0v) is 8.63. The standard InChI is InChI=1S/C8H5N3OS2/c12-11-6-3-1-2-5(4-6)7-9-10-8(13)14-7/h1-4H,(H,10,13). The van der Waals surface area contributed by atoms with Gasteiger partial charge in [0.15, 0.2) is 4.34 Å². The minimum Gasteiger partial charge on any atom is -0.145 e. The predicted octanol–water partition coefficient (Wildman–Crippen LogP) is 2.89. The fourth-order valence-corrected chi connectivity index (χ4v) is 1.91. The number of nitroso groups, excluding NO2 is 1. The topological polar surface area (TPSA) is 55.2 Å². The van der Waals surface area contributed by atoms with Gasteiger partial charge < -0.3 is 0 Å². The first-order chi connectivity index (χ1) is 6.79. The first kappa shape index (κ1) is 9.29. The van der Waals surface area contributed by atoms with Gasteiger partial charge in [0.05, 0.1) is 0 Å². The summed E-state index contributed by atoms with van der Waals surface area (Å²) in [7, 11) is 0. The molecule has 1 aromatic carbocycles. The monoisotopic (exact) mass is 223 g/mol. The fraction of sp³-hybridized carbons (Fsp3) is 0. The van der Waals surface area contributed by atoms with E-state index >= 15 is 0 Å². The van der Waals surface area contributed by atoms with Crippen LogP contribution in [0.4, 0.5) is 5.69 Å². The lowest BCUT2D eigenvalue weighted by molar-refractivity contribution is 1.02. The van der Waals surface area contributed by atoms with Crippen LogP contribution in [0.2, 0.25) is 0 Å². The largest absolute Gasteiger partial charge is 0.171 e. The van der Waals surface area contributed by atoms with Crippen molar-refractivity contribution in [2.75, 3.05) is 0 Å². The molecule has 0 fully saturated rings. The van der Waals surface area contributed by atoms with Crippen molar-refractivity contribution in [3.63, 3.8) is 0 Å². The third-order valence-electron chi connectivity index (χ3n) is 1.61. The van der Waals surface area contributed by atoms with E-state index in [1.807, 2.05) is 6.07 Å². The number of rotatable bonds is 2. The molecule has 0 spiro atoms. The third kappa shape index (κ3) is 1.80. The first-order valence-corrected chi connectivity index (χ1v) is 5.02. The van der Waals surface area contributed by atoms with Crippen LogP contribution in [0.15, 0.2) is 33.8 Å². The molecule has 0 radical (unpaired) electrons. The van der Waals surface area contributed by atoms with E-state index in [0.717, 1.165) is 10.6 Å². The normalized spacial score (nSPS) is 10.1. The average molecular weight is 223 g/mol. The van der Waals surface area contributed by atoms with Crippen LogP contribution in [0.25, 0.3) is 10.6 Å². The maximum atomic E-state index is 10.3. The Morgan fingerprint density at radius 1 is 1.36 bits per heavy atom. The quantitative estimate of drug-likeness (QED) is 0.629. The van der Waals surface area contributed by atoms with Crippen LogP contribution in [0.3, 0.4) is 0 Å². The SMILES string of the molecule is O=Nc1cccc(-c2nnc(S)s2)c1. The van der Waals surface area contributed by atoms with Crippen molar-refractivity contribution in [2.45, 2.75) is 4.34 Å². The van der Waals surface area contributed by atoms with E-state index in [0.29, 0.717) is 10.0 Å². The molecule has 0 N–H and O–H groups in total. The highest BCUT2D eigenvalue weighted by Crippen LogP contribution is 2.27. The molecule has 0 aliphatic rings. The van der Waals surface area contributed by atoms with E-state index in [-0.39, 0.29) is 0 Å². The molecule has 0 aliphatic heterocycles. The highest BCUT2D eigenvalue weighted by Gasteiger charge is 2.04. The van der Waals surface area contributed by atoms with Gasteiger partial charge in [0, 0.05) is 5.56 Å². The van der Waals surface area contributed by atoms with Crippen LogP contribution in [0.5, 0.6) is 0 Å². The summed E-state index contributed by atoms with van der Waals surface area (Å²) in [6.45, 7) is 0. The fourth-order valence-electron chi connectivity index (χ4n) is 1.03. The van der Waals surface area contributed by atoms with E-state index in [1.165, 1.54) is 11.3 Å². The van der Waals surface area contributed by atoms with E-state index in [2.05, 4.69) is 28.0 Å². The molecule has 1 heterocycles. The highest BCUT2D eigenvalue weighted by molar-refractivity contribution is 7.82. The van der Waals surface area contributed by atoms with Crippen molar-refractivity contribution in [3.8, 4) is 10.6 Å². The molecule has 2 aromatic rings. The second-order valence-electron chi connectivity index (χ2n) is 2.53. The summed E-state index contributed by atoms with van der Waals surface area (Å²) in [5.41, 5.74) is 1.22. The van der Waals surface area contributed by atoms with Crippen LogP contribution in [0.1, 0.15) is 0 Å². The summed E-state index contributed by atoms with van der Waals surface area (Å²) >= 11 is 5.42. The number of thiol groups is 1. The van der Waals surface area contributed by atoms with E-state index in [1.54, 1.807) is 18.2 Å². The van der Waals surface area contributed by atoms with Gasteiger partial charge in [-0.3, -0.25) is 0 Å². The van der Waals surface area contributed by atoms with Gasteiger partial charge in [0.1, 0.15) is 10.7 Å². The first-order valence-electron chi connectivity index (χ1n) is 3.76. The third-order valence-corrected chi connectivity index (χ3v) is 2.75. The maximum absolute atomic E-state index is 10.3. The summed E-state index contributed by atoms with van der Waals surface area (Å²) in [5, 5.41) is 11.3. The summed E-state index contributed by atoms with van der Waals surface area (Å²) < 4.78 is 0.601.